The Balaban J connectivity index is 2.06. The van der Waals surface area contributed by atoms with E-state index in [1.165, 1.54) is 11.1 Å². The average Bonchev–Trinajstić information content (AvgIpc) is 2.72. The van der Waals surface area contributed by atoms with Crippen LogP contribution in [0.3, 0.4) is 0 Å². The number of fused-ring (bicyclic) bond motifs is 1. The molecule has 86 valence electrons. The Kier molecular flexibility index (Phi) is 3.22. The summed E-state index contributed by atoms with van der Waals surface area (Å²) in [5, 5.41) is 15.0. The van der Waals surface area contributed by atoms with Crippen molar-refractivity contribution in [2.45, 2.75) is 26.1 Å². The molecule has 2 rings (SSSR count). The normalized spacial score (nSPS) is 15.6. The largest absolute Gasteiger partial charge is 0.392 e. The number of benzene rings is 1. The maximum Gasteiger partial charge on any atom is 0.251 e. The van der Waals surface area contributed by atoms with E-state index < -0.39 is 6.10 Å². The van der Waals surface area contributed by atoms with Crippen molar-refractivity contribution in [2.75, 3.05) is 6.54 Å². The molecule has 4 nitrogen and oxygen atoms in total. The predicted octanol–water partition coefficient (Wildman–Crippen LogP) is 0.400. The summed E-state index contributed by atoms with van der Waals surface area (Å²) >= 11 is 0. The van der Waals surface area contributed by atoms with Crippen LogP contribution in [0.5, 0.6) is 0 Å². The van der Waals surface area contributed by atoms with Crippen molar-refractivity contribution in [3.05, 3.63) is 34.9 Å². The van der Waals surface area contributed by atoms with Crippen LogP contribution in [-0.2, 0) is 13.1 Å². The molecule has 0 fully saturated rings. The van der Waals surface area contributed by atoms with Crippen LogP contribution >= 0.6 is 0 Å². The number of carbonyl (C=O) groups excluding carboxylic acids is 1. The van der Waals surface area contributed by atoms with E-state index in [0.717, 1.165) is 13.1 Å². The fourth-order valence-electron chi connectivity index (χ4n) is 1.78. The Morgan fingerprint density at radius 3 is 3.00 bits per heavy atom. The Labute approximate surface area is 94.7 Å². The lowest BCUT2D eigenvalue weighted by molar-refractivity contribution is 0.0924. The number of hydrogen-bond acceptors (Lipinski definition) is 3. The molecular formula is C12H16N2O2. The van der Waals surface area contributed by atoms with Gasteiger partial charge < -0.3 is 15.7 Å². The number of aliphatic hydroxyl groups is 1. The molecule has 1 amide bonds. The molecule has 1 unspecified atom stereocenters. The summed E-state index contributed by atoms with van der Waals surface area (Å²) < 4.78 is 0. The third-order valence-corrected chi connectivity index (χ3v) is 2.66. The maximum atomic E-state index is 11.7. The highest BCUT2D eigenvalue weighted by Crippen LogP contribution is 2.16. The first-order valence-electron chi connectivity index (χ1n) is 5.45. The van der Waals surface area contributed by atoms with E-state index in [4.69, 9.17) is 5.11 Å². The van der Waals surface area contributed by atoms with E-state index in [-0.39, 0.29) is 12.5 Å². The van der Waals surface area contributed by atoms with Crippen LogP contribution in [0.4, 0.5) is 0 Å². The molecule has 1 atom stereocenters. The van der Waals surface area contributed by atoms with Crippen LogP contribution in [0.2, 0.25) is 0 Å². The third-order valence-electron chi connectivity index (χ3n) is 2.66. The third kappa shape index (κ3) is 2.40. The van der Waals surface area contributed by atoms with Crippen LogP contribution in [0, 0.1) is 0 Å². The lowest BCUT2D eigenvalue weighted by Gasteiger charge is -2.08. The number of carbonyl (C=O) groups is 1. The molecule has 0 saturated heterocycles. The molecule has 1 heterocycles. The summed E-state index contributed by atoms with van der Waals surface area (Å²) in [5.41, 5.74) is 3.10. The molecule has 0 radical (unpaired) electrons. The van der Waals surface area contributed by atoms with Gasteiger partial charge in [-0.2, -0.15) is 0 Å². The summed E-state index contributed by atoms with van der Waals surface area (Å²) in [5.74, 6) is -0.129. The smallest absolute Gasteiger partial charge is 0.251 e. The quantitative estimate of drug-likeness (QED) is 0.691. The van der Waals surface area contributed by atoms with Gasteiger partial charge in [-0.25, -0.2) is 0 Å². The van der Waals surface area contributed by atoms with Crippen molar-refractivity contribution in [3.8, 4) is 0 Å². The minimum absolute atomic E-state index is 0.129. The van der Waals surface area contributed by atoms with E-state index in [1.807, 2.05) is 18.2 Å². The second-order valence-electron chi connectivity index (χ2n) is 4.15. The van der Waals surface area contributed by atoms with Gasteiger partial charge in [0.2, 0.25) is 0 Å². The molecule has 1 aromatic carbocycles. The van der Waals surface area contributed by atoms with E-state index in [1.54, 1.807) is 6.92 Å². The molecule has 1 aliphatic heterocycles. The molecule has 0 saturated carbocycles. The van der Waals surface area contributed by atoms with E-state index in [0.29, 0.717) is 5.56 Å². The Morgan fingerprint density at radius 1 is 1.50 bits per heavy atom. The number of aliphatic hydroxyl groups excluding tert-OH is 1. The van der Waals surface area contributed by atoms with Gasteiger partial charge in [-0.3, -0.25) is 4.79 Å². The van der Waals surface area contributed by atoms with Crippen LogP contribution in [-0.4, -0.2) is 23.7 Å². The Morgan fingerprint density at radius 2 is 2.25 bits per heavy atom. The van der Waals surface area contributed by atoms with Gasteiger partial charge in [0.1, 0.15) is 0 Å². The van der Waals surface area contributed by atoms with Gasteiger partial charge >= 0.3 is 0 Å². The van der Waals surface area contributed by atoms with Gasteiger partial charge in [-0.05, 0) is 30.2 Å². The molecule has 1 aliphatic rings. The molecule has 0 bridgehead atoms. The highest BCUT2D eigenvalue weighted by atomic mass is 16.3. The molecule has 0 aromatic heterocycles. The number of hydrogen-bond donors (Lipinski definition) is 3. The predicted molar refractivity (Wildman–Crippen MR) is 61.0 cm³/mol. The van der Waals surface area contributed by atoms with Gasteiger partial charge in [-0.15, -0.1) is 0 Å². The summed E-state index contributed by atoms with van der Waals surface area (Å²) in [7, 11) is 0. The minimum atomic E-state index is -0.514. The fourth-order valence-corrected chi connectivity index (χ4v) is 1.78. The first-order valence-corrected chi connectivity index (χ1v) is 5.45. The first kappa shape index (κ1) is 11.1. The molecular weight excluding hydrogens is 204 g/mol. The van der Waals surface area contributed by atoms with Crippen molar-refractivity contribution in [1.29, 1.82) is 0 Å². The number of amides is 1. The highest BCUT2D eigenvalue weighted by molar-refractivity contribution is 5.94. The molecule has 0 spiro atoms. The molecule has 1 aromatic rings. The lowest BCUT2D eigenvalue weighted by Crippen LogP contribution is -2.30. The van der Waals surface area contributed by atoms with Crippen LogP contribution < -0.4 is 10.6 Å². The van der Waals surface area contributed by atoms with Gasteiger partial charge in [0.05, 0.1) is 6.10 Å². The zero-order valence-corrected chi connectivity index (χ0v) is 9.29. The Hall–Kier alpha value is -1.39. The van der Waals surface area contributed by atoms with E-state index in [2.05, 4.69) is 10.6 Å². The zero-order chi connectivity index (χ0) is 11.5. The van der Waals surface area contributed by atoms with Gasteiger partial charge in [0.15, 0.2) is 0 Å². The van der Waals surface area contributed by atoms with Crippen LogP contribution in [0.1, 0.15) is 28.4 Å². The summed E-state index contributed by atoms with van der Waals surface area (Å²) in [6.45, 7) is 3.64. The lowest BCUT2D eigenvalue weighted by atomic mass is 10.1. The standard InChI is InChI=1S/C12H16N2O2/c1-8(15)5-14-12(16)9-2-3-10-6-13-7-11(10)4-9/h2-4,8,13,15H,5-7H2,1H3,(H,14,16). The van der Waals surface area contributed by atoms with Gasteiger partial charge in [-0.1, -0.05) is 6.07 Å². The maximum absolute atomic E-state index is 11.7. The molecule has 0 aliphatic carbocycles. The van der Waals surface area contributed by atoms with Crippen molar-refractivity contribution in [3.63, 3.8) is 0 Å². The van der Waals surface area contributed by atoms with Crippen molar-refractivity contribution in [1.82, 2.24) is 10.6 Å². The second-order valence-corrected chi connectivity index (χ2v) is 4.15. The van der Waals surface area contributed by atoms with Crippen molar-refractivity contribution in [2.24, 2.45) is 0 Å². The van der Waals surface area contributed by atoms with Gasteiger partial charge in [0.25, 0.3) is 5.91 Å². The van der Waals surface area contributed by atoms with Crippen LogP contribution in [0.25, 0.3) is 0 Å². The number of nitrogens with one attached hydrogen (secondary N) is 2. The monoisotopic (exact) mass is 220 g/mol. The van der Waals surface area contributed by atoms with Crippen LogP contribution in [0.15, 0.2) is 18.2 Å². The first-order chi connectivity index (χ1) is 7.66. The van der Waals surface area contributed by atoms with Crippen molar-refractivity contribution < 1.29 is 9.90 Å². The zero-order valence-electron chi connectivity index (χ0n) is 9.29. The summed E-state index contributed by atoms with van der Waals surface area (Å²) in [6.07, 6.45) is -0.514. The summed E-state index contributed by atoms with van der Waals surface area (Å²) in [6, 6.07) is 5.71. The fraction of sp³-hybridized carbons (Fsp3) is 0.417. The topological polar surface area (TPSA) is 61.4 Å². The Bertz CT molecular complexity index is 402. The average molecular weight is 220 g/mol. The second kappa shape index (κ2) is 4.63. The van der Waals surface area contributed by atoms with Crippen molar-refractivity contribution >= 4 is 5.91 Å². The molecule has 3 N–H and O–H groups in total. The number of rotatable bonds is 3. The molecule has 16 heavy (non-hydrogen) atoms. The van der Waals surface area contributed by atoms with E-state index in [9.17, 15) is 4.79 Å². The summed E-state index contributed by atoms with van der Waals surface area (Å²) in [4.78, 5) is 11.7. The highest BCUT2D eigenvalue weighted by Gasteiger charge is 2.13. The van der Waals surface area contributed by atoms with Gasteiger partial charge in [0, 0.05) is 25.2 Å². The minimum Gasteiger partial charge on any atom is -0.392 e. The molecule has 4 heteroatoms. The van der Waals surface area contributed by atoms with E-state index >= 15 is 0 Å². The SMILES string of the molecule is CC(O)CNC(=O)c1ccc2c(c1)CNC2.